The summed E-state index contributed by atoms with van der Waals surface area (Å²) < 4.78 is 10.3. The Labute approximate surface area is 169 Å². The van der Waals surface area contributed by atoms with Crippen molar-refractivity contribution < 1.29 is 23.5 Å². The number of carbonyl (C=O) groups excluding carboxylic acids is 3. The van der Waals surface area contributed by atoms with Gasteiger partial charge in [-0.25, -0.2) is 4.79 Å². The minimum Gasteiger partial charge on any atom is -0.467 e. The number of halogens is 2. The topological polar surface area (TPSA) is 76.8 Å². The average molecular weight is 426 g/mol. The fraction of sp³-hybridized carbons (Fsp3) is 0.167. The van der Waals surface area contributed by atoms with Gasteiger partial charge < -0.3 is 9.15 Å². The molecule has 6 nitrogen and oxygen atoms in total. The van der Waals surface area contributed by atoms with E-state index in [9.17, 15) is 14.4 Å². The molecule has 9 heteroatoms. The molecule has 2 aromatic rings. The van der Waals surface area contributed by atoms with Crippen LogP contribution < -0.4 is 0 Å². The van der Waals surface area contributed by atoms with Gasteiger partial charge in [-0.3, -0.25) is 14.5 Å². The van der Waals surface area contributed by atoms with E-state index in [1.54, 1.807) is 30.3 Å². The number of furan rings is 1. The molecule has 0 bridgehead atoms. The van der Waals surface area contributed by atoms with Gasteiger partial charge in [0, 0.05) is 16.7 Å². The van der Waals surface area contributed by atoms with Crippen LogP contribution in [0.2, 0.25) is 10.0 Å². The molecule has 3 rings (SSSR count). The van der Waals surface area contributed by atoms with Gasteiger partial charge in [0.25, 0.3) is 11.1 Å². The number of benzene rings is 1. The number of methoxy groups -OCH3 is 1. The summed E-state index contributed by atoms with van der Waals surface area (Å²) in [6.45, 7) is 1.43. The van der Waals surface area contributed by atoms with Crippen LogP contribution in [0.1, 0.15) is 12.7 Å². The van der Waals surface area contributed by atoms with E-state index in [0.29, 0.717) is 27.1 Å². The van der Waals surface area contributed by atoms with Crippen LogP contribution in [0, 0.1) is 0 Å². The molecular weight excluding hydrogens is 413 g/mol. The van der Waals surface area contributed by atoms with Crippen molar-refractivity contribution in [2.45, 2.75) is 13.0 Å². The van der Waals surface area contributed by atoms with Crippen LogP contribution in [0.3, 0.4) is 0 Å². The monoisotopic (exact) mass is 425 g/mol. The second-order valence-electron chi connectivity index (χ2n) is 5.58. The van der Waals surface area contributed by atoms with Gasteiger partial charge in [0.15, 0.2) is 0 Å². The van der Waals surface area contributed by atoms with Crippen molar-refractivity contribution >= 4 is 58.2 Å². The summed E-state index contributed by atoms with van der Waals surface area (Å²) in [7, 11) is 1.19. The molecule has 1 aromatic heterocycles. The summed E-state index contributed by atoms with van der Waals surface area (Å²) in [4.78, 5) is 37.2. The largest absolute Gasteiger partial charge is 0.467 e. The fourth-order valence-electron chi connectivity index (χ4n) is 2.48. The lowest BCUT2D eigenvalue weighted by Gasteiger charge is -2.18. The molecule has 140 valence electrons. The van der Waals surface area contributed by atoms with Gasteiger partial charge in [-0.15, -0.1) is 0 Å². The second-order valence-corrected chi connectivity index (χ2v) is 7.41. The number of imide groups is 1. The Kier molecular flexibility index (Phi) is 5.64. The normalized spacial score (nSPS) is 16.9. The lowest BCUT2D eigenvalue weighted by atomic mass is 10.2. The van der Waals surface area contributed by atoms with Gasteiger partial charge in [0.1, 0.15) is 17.6 Å². The number of hydrogen-bond acceptors (Lipinski definition) is 6. The van der Waals surface area contributed by atoms with E-state index in [-0.39, 0.29) is 4.91 Å². The van der Waals surface area contributed by atoms with E-state index in [1.807, 2.05) is 0 Å². The zero-order valence-electron chi connectivity index (χ0n) is 14.2. The minimum atomic E-state index is -1.01. The number of esters is 1. The second kappa shape index (κ2) is 7.80. The summed E-state index contributed by atoms with van der Waals surface area (Å²) in [5, 5.41) is 0.385. The van der Waals surface area contributed by atoms with Gasteiger partial charge in [-0.05, 0) is 49.0 Å². The SMILES string of the molecule is COC(=O)[C@@H](C)N1C(=O)S/C(=C\c2ccc(-c3ccc(Cl)cc3Cl)o2)C1=O. The van der Waals surface area contributed by atoms with Crippen LogP contribution in [0.4, 0.5) is 4.79 Å². The summed E-state index contributed by atoms with van der Waals surface area (Å²) in [6, 6.07) is 7.35. The van der Waals surface area contributed by atoms with Crippen LogP contribution in [-0.2, 0) is 14.3 Å². The molecule has 1 saturated heterocycles. The third kappa shape index (κ3) is 3.90. The molecule has 2 heterocycles. The third-order valence-electron chi connectivity index (χ3n) is 3.85. The zero-order valence-corrected chi connectivity index (χ0v) is 16.5. The molecule has 1 aliphatic rings. The minimum absolute atomic E-state index is 0.152. The molecule has 0 spiro atoms. The number of hydrogen-bond donors (Lipinski definition) is 0. The van der Waals surface area contributed by atoms with Gasteiger partial charge in [-0.1, -0.05) is 23.2 Å². The van der Waals surface area contributed by atoms with Crippen molar-refractivity contribution in [3.8, 4) is 11.3 Å². The van der Waals surface area contributed by atoms with E-state index in [2.05, 4.69) is 4.74 Å². The molecule has 2 amide bonds. The number of nitrogens with zero attached hydrogens (tertiary/aromatic N) is 1. The first-order valence-corrected chi connectivity index (χ1v) is 9.29. The van der Waals surface area contributed by atoms with Gasteiger partial charge in [-0.2, -0.15) is 0 Å². The first kappa shape index (κ1) is 19.5. The van der Waals surface area contributed by atoms with E-state index >= 15 is 0 Å². The fourth-order valence-corrected chi connectivity index (χ4v) is 3.87. The summed E-state index contributed by atoms with van der Waals surface area (Å²) in [5.74, 6) is -0.390. The van der Waals surface area contributed by atoms with E-state index in [1.165, 1.54) is 20.1 Å². The molecule has 0 unspecified atom stereocenters. The molecule has 0 radical (unpaired) electrons. The smallest absolute Gasteiger partial charge is 0.328 e. The quantitative estimate of drug-likeness (QED) is 0.514. The molecule has 1 aliphatic heterocycles. The molecule has 1 atom stereocenters. The maximum atomic E-state index is 12.5. The molecule has 0 aliphatic carbocycles. The van der Waals surface area contributed by atoms with Crippen molar-refractivity contribution in [1.82, 2.24) is 4.90 Å². The Morgan fingerprint density at radius 3 is 2.67 bits per heavy atom. The highest BCUT2D eigenvalue weighted by atomic mass is 35.5. The maximum Gasteiger partial charge on any atom is 0.328 e. The highest BCUT2D eigenvalue weighted by Gasteiger charge is 2.41. The van der Waals surface area contributed by atoms with E-state index in [4.69, 9.17) is 27.6 Å². The standard InChI is InChI=1S/C18H13Cl2NO5S/c1-9(17(23)25-2)21-16(22)15(27-18(21)24)8-11-4-6-14(26-11)12-5-3-10(19)7-13(12)20/h3-9H,1-2H3/b15-8-/t9-/m1/s1. The first-order chi connectivity index (χ1) is 12.8. The van der Waals surface area contributed by atoms with Crippen LogP contribution in [-0.4, -0.2) is 35.2 Å². The average Bonchev–Trinajstić information content (AvgIpc) is 3.18. The van der Waals surface area contributed by atoms with Crippen molar-refractivity contribution in [3.05, 3.63) is 51.0 Å². The third-order valence-corrected chi connectivity index (χ3v) is 5.28. The maximum absolute atomic E-state index is 12.5. The molecule has 0 N–H and O–H groups in total. The van der Waals surface area contributed by atoms with Crippen molar-refractivity contribution in [2.24, 2.45) is 0 Å². The van der Waals surface area contributed by atoms with Gasteiger partial charge >= 0.3 is 5.97 Å². The van der Waals surface area contributed by atoms with Crippen LogP contribution >= 0.6 is 35.0 Å². The molecule has 0 saturated carbocycles. The summed E-state index contributed by atoms with van der Waals surface area (Å²) >= 11 is 12.8. The zero-order chi connectivity index (χ0) is 19.7. The number of thioether (sulfide) groups is 1. The van der Waals surface area contributed by atoms with Gasteiger partial charge in [0.05, 0.1) is 17.0 Å². The van der Waals surface area contributed by atoms with Crippen molar-refractivity contribution in [2.75, 3.05) is 7.11 Å². The summed E-state index contributed by atoms with van der Waals surface area (Å²) in [6.07, 6.45) is 1.45. The van der Waals surface area contributed by atoms with Crippen molar-refractivity contribution in [3.63, 3.8) is 0 Å². The molecule has 1 aromatic carbocycles. The molecule has 1 fully saturated rings. The molecular formula is C18H13Cl2NO5S. The first-order valence-electron chi connectivity index (χ1n) is 7.72. The van der Waals surface area contributed by atoms with Crippen LogP contribution in [0.15, 0.2) is 39.7 Å². The Morgan fingerprint density at radius 1 is 1.26 bits per heavy atom. The van der Waals surface area contributed by atoms with Crippen molar-refractivity contribution in [1.29, 1.82) is 0 Å². The van der Waals surface area contributed by atoms with Crippen LogP contribution in [0.25, 0.3) is 17.4 Å². The van der Waals surface area contributed by atoms with E-state index < -0.39 is 23.2 Å². The Hall–Kier alpha value is -2.22. The number of rotatable bonds is 4. The number of carbonyl (C=O) groups is 3. The summed E-state index contributed by atoms with van der Waals surface area (Å²) in [5.41, 5.74) is 0.646. The Morgan fingerprint density at radius 2 is 2.00 bits per heavy atom. The Balaban J connectivity index is 1.86. The highest BCUT2D eigenvalue weighted by Crippen LogP contribution is 2.36. The highest BCUT2D eigenvalue weighted by molar-refractivity contribution is 8.18. The van der Waals surface area contributed by atoms with Crippen LogP contribution in [0.5, 0.6) is 0 Å². The number of amides is 2. The lowest BCUT2D eigenvalue weighted by Crippen LogP contribution is -2.42. The number of ether oxygens (including phenoxy) is 1. The van der Waals surface area contributed by atoms with E-state index in [0.717, 1.165) is 16.7 Å². The molecule has 27 heavy (non-hydrogen) atoms. The Bertz CT molecular complexity index is 968. The predicted molar refractivity (Wildman–Crippen MR) is 103 cm³/mol. The lowest BCUT2D eigenvalue weighted by molar-refractivity contribution is -0.148. The predicted octanol–water partition coefficient (Wildman–Crippen LogP) is 4.85. The van der Waals surface area contributed by atoms with Gasteiger partial charge in [0.2, 0.25) is 0 Å².